The van der Waals surface area contributed by atoms with Crippen molar-refractivity contribution in [1.82, 2.24) is 25.3 Å². The van der Waals surface area contributed by atoms with Crippen molar-refractivity contribution >= 4 is 22.6 Å². The fourth-order valence-corrected chi connectivity index (χ4v) is 4.16. The van der Waals surface area contributed by atoms with E-state index < -0.39 is 0 Å². The molecule has 0 spiro atoms. The number of imidazole rings is 1. The third-order valence-electron chi connectivity index (χ3n) is 5.71. The number of benzene rings is 1. The Kier molecular flexibility index (Phi) is 5.62. The van der Waals surface area contributed by atoms with E-state index in [0.717, 1.165) is 46.6 Å². The minimum atomic E-state index is -0.293. The zero-order valence-corrected chi connectivity index (χ0v) is 18.2. The average molecular weight is 444 g/mol. The summed E-state index contributed by atoms with van der Waals surface area (Å²) in [5, 5.41) is 16.6. The number of hydrogen-bond donors (Lipinski definition) is 5. The molecule has 9 heteroatoms. The maximum absolute atomic E-state index is 12.8. The highest BCUT2D eigenvalue weighted by molar-refractivity contribution is 6.03. The predicted molar refractivity (Wildman–Crippen MR) is 129 cm³/mol. The number of aryl methyl sites for hydroxylation is 1. The van der Waals surface area contributed by atoms with Gasteiger partial charge in [-0.3, -0.25) is 14.8 Å². The van der Waals surface area contributed by atoms with Gasteiger partial charge in [0.2, 0.25) is 0 Å². The smallest absolute Gasteiger partial charge is 0.261 e. The number of aromatic nitrogens is 4. The first-order valence-electron chi connectivity index (χ1n) is 10.9. The standard InChI is InChI=1S/C24H25N7O2/c1-14-9-16(22-26-7-8-27-22)11-19-21(14)31-23(30-19)20-18(4-6-28-24(20)33)29-17(13-32)10-15-3-2-5-25-12-15/h2-6,9,11-12,17,32H,7-8,10,13H2,1H3,(H,26,27)(H,30,31)(H2,28,29,33)/t17-/m0/s1. The monoisotopic (exact) mass is 443 g/mol. The van der Waals surface area contributed by atoms with Gasteiger partial charge in [0.1, 0.15) is 17.2 Å². The van der Waals surface area contributed by atoms with Gasteiger partial charge in [-0.05, 0) is 48.7 Å². The van der Waals surface area contributed by atoms with Gasteiger partial charge in [-0.15, -0.1) is 0 Å². The Morgan fingerprint density at radius 2 is 2.18 bits per heavy atom. The molecule has 5 rings (SSSR count). The van der Waals surface area contributed by atoms with Crippen molar-refractivity contribution in [2.45, 2.75) is 19.4 Å². The molecule has 0 bridgehead atoms. The first-order valence-corrected chi connectivity index (χ1v) is 10.9. The number of H-pyrrole nitrogens is 2. The third-order valence-corrected chi connectivity index (χ3v) is 5.71. The van der Waals surface area contributed by atoms with Gasteiger partial charge in [-0.2, -0.15) is 0 Å². The van der Waals surface area contributed by atoms with Crippen LogP contribution in [0.15, 0.2) is 58.7 Å². The normalized spacial score (nSPS) is 14.2. The summed E-state index contributed by atoms with van der Waals surface area (Å²) in [5.41, 5.74) is 5.34. The molecule has 4 aromatic rings. The van der Waals surface area contributed by atoms with E-state index in [0.29, 0.717) is 23.5 Å². The number of fused-ring (bicyclic) bond motifs is 1. The number of pyridine rings is 2. The summed E-state index contributed by atoms with van der Waals surface area (Å²) in [4.78, 5) is 32.3. The third kappa shape index (κ3) is 4.22. The second-order valence-corrected chi connectivity index (χ2v) is 8.12. The molecule has 1 atom stereocenters. The molecule has 3 aromatic heterocycles. The highest BCUT2D eigenvalue weighted by Gasteiger charge is 2.19. The number of aliphatic hydroxyl groups excluding tert-OH is 1. The van der Waals surface area contributed by atoms with E-state index in [2.05, 4.69) is 30.6 Å². The molecule has 9 nitrogen and oxygen atoms in total. The highest BCUT2D eigenvalue weighted by Crippen LogP contribution is 2.27. The van der Waals surface area contributed by atoms with Gasteiger partial charge in [0.25, 0.3) is 5.56 Å². The minimum absolute atomic E-state index is 0.0984. The lowest BCUT2D eigenvalue weighted by Gasteiger charge is -2.19. The lowest BCUT2D eigenvalue weighted by atomic mass is 10.1. The van der Waals surface area contributed by atoms with Crippen molar-refractivity contribution < 1.29 is 5.11 Å². The number of hydrogen-bond acceptors (Lipinski definition) is 7. The van der Waals surface area contributed by atoms with Crippen LogP contribution in [0.5, 0.6) is 0 Å². The molecule has 0 aliphatic carbocycles. The van der Waals surface area contributed by atoms with Crippen molar-refractivity contribution in [2.24, 2.45) is 4.99 Å². The lowest BCUT2D eigenvalue weighted by Crippen LogP contribution is -2.28. The molecule has 33 heavy (non-hydrogen) atoms. The van der Waals surface area contributed by atoms with Gasteiger partial charge in [0, 0.05) is 30.7 Å². The first kappa shape index (κ1) is 20.9. The van der Waals surface area contributed by atoms with Gasteiger partial charge in [-0.1, -0.05) is 6.07 Å². The van der Waals surface area contributed by atoms with Crippen molar-refractivity contribution in [3.05, 3.63) is 76.0 Å². The number of amidine groups is 1. The second-order valence-electron chi connectivity index (χ2n) is 8.12. The molecule has 1 aromatic carbocycles. The van der Waals surface area contributed by atoms with E-state index in [4.69, 9.17) is 4.98 Å². The molecule has 0 radical (unpaired) electrons. The van der Waals surface area contributed by atoms with E-state index >= 15 is 0 Å². The fraction of sp³-hybridized carbons (Fsp3) is 0.250. The molecule has 1 aliphatic heterocycles. The second kappa shape index (κ2) is 8.87. The van der Waals surface area contributed by atoms with Crippen LogP contribution >= 0.6 is 0 Å². The van der Waals surface area contributed by atoms with E-state index in [1.165, 1.54) is 0 Å². The maximum atomic E-state index is 12.8. The zero-order chi connectivity index (χ0) is 22.8. The van der Waals surface area contributed by atoms with E-state index in [9.17, 15) is 9.90 Å². The molecule has 4 heterocycles. The van der Waals surface area contributed by atoms with Crippen LogP contribution in [-0.4, -0.2) is 56.6 Å². The number of rotatable bonds is 7. The van der Waals surface area contributed by atoms with Crippen LogP contribution in [0.2, 0.25) is 0 Å². The van der Waals surface area contributed by atoms with Crippen molar-refractivity contribution in [2.75, 3.05) is 25.0 Å². The quantitative estimate of drug-likeness (QED) is 0.297. The number of nitrogens with one attached hydrogen (secondary N) is 4. The number of nitrogens with zero attached hydrogens (tertiary/aromatic N) is 3. The van der Waals surface area contributed by atoms with Crippen LogP contribution in [-0.2, 0) is 6.42 Å². The van der Waals surface area contributed by atoms with Crippen molar-refractivity contribution in [3.63, 3.8) is 0 Å². The van der Waals surface area contributed by atoms with Crippen LogP contribution in [0.4, 0.5) is 5.69 Å². The molecule has 1 aliphatic rings. The molecule has 168 valence electrons. The van der Waals surface area contributed by atoms with Crippen LogP contribution in [0.25, 0.3) is 22.4 Å². The van der Waals surface area contributed by atoms with Crippen LogP contribution in [0.3, 0.4) is 0 Å². The van der Waals surface area contributed by atoms with Crippen molar-refractivity contribution in [3.8, 4) is 11.4 Å². The van der Waals surface area contributed by atoms with E-state index in [-0.39, 0.29) is 18.2 Å². The molecule has 0 unspecified atom stereocenters. The summed E-state index contributed by atoms with van der Waals surface area (Å²) in [5.74, 6) is 1.34. The van der Waals surface area contributed by atoms with Gasteiger partial charge >= 0.3 is 0 Å². The Bertz CT molecular complexity index is 1370. The summed E-state index contributed by atoms with van der Waals surface area (Å²) < 4.78 is 0. The summed E-state index contributed by atoms with van der Waals surface area (Å²) in [7, 11) is 0. The molecule has 0 amide bonds. The topological polar surface area (TPSA) is 131 Å². The highest BCUT2D eigenvalue weighted by atomic mass is 16.3. The van der Waals surface area contributed by atoms with Crippen LogP contribution in [0.1, 0.15) is 16.7 Å². The Hall–Kier alpha value is -3.98. The zero-order valence-electron chi connectivity index (χ0n) is 18.2. The Balaban J connectivity index is 1.51. The van der Waals surface area contributed by atoms with E-state index in [1.807, 2.05) is 31.2 Å². The Morgan fingerprint density at radius 1 is 1.27 bits per heavy atom. The Morgan fingerprint density at radius 3 is 2.94 bits per heavy atom. The molecular formula is C24H25N7O2. The van der Waals surface area contributed by atoms with Crippen LogP contribution in [0, 0.1) is 6.92 Å². The number of aromatic amines is 2. The summed E-state index contributed by atoms with van der Waals surface area (Å²) in [6.45, 7) is 3.50. The molecule has 0 saturated carbocycles. The van der Waals surface area contributed by atoms with Gasteiger partial charge in [0.05, 0.1) is 35.9 Å². The molecule has 0 fully saturated rings. The van der Waals surface area contributed by atoms with E-state index in [1.54, 1.807) is 24.7 Å². The minimum Gasteiger partial charge on any atom is -0.394 e. The predicted octanol–water partition coefficient (Wildman–Crippen LogP) is 1.99. The number of anilines is 1. The largest absolute Gasteiger partial charge is 0.394 e. The van der Waals surface area contributed by atoms with Crippen molar-refractivity contribution in [1.29, 1.82) is 0 Å². The molecule has 0 saturated heterocycles. The molecule has 5 N–H and O–H groups in total. The number of aliphatic imine (C=N–C) groups is 1. The average Bonchev–Trinajstić information content (AvgIpc) is 3.50. The van der Waals surface area contributed by atoms with Crippen LogP contribution < -0.4 is 16.2 Å². The maximum Gasteiger partial charge on any atom is 0.261 e. The number of aliphatic hydroxyl groups is 1. The lowest BCUT2D eigenvalue weighted by molar-refractivity contribution is 0.273. The summed E-state index contributed by atoms with van der Waals surface area (Å²) >= 11 is 0. The Labute approximate surface area is 190 Å². The summed E-state index contributed by atoms with van der Waals surface area (Å²) in [6.07, 6.45) is 5.63. The van der Waals surface area contributed by atoms with Gasteiger partial charge in [-0.25, -0.2) is 4.98 Å². The van der Waals surface area contributed by atoms with Gasteiger partial charge < -0.3 is 25.7 Å². The van der Waals surface area contributed by atoms with Gasteiger partial charge in [0.15, 0.2) is 0 Å². The fourth-order valence-electron chi connectivity index (χ4n) is 4.16. The summed E-state index contributed by atoms with van der Waals surface area (Å²) in [6, 6.07) is 9.36. The molecular weight excluding hydrogens is 418 g/mol. The SMILES string of the molecule is Cc1cc(C2=NCCN2)cc2[nH]c(-c3c(N[C@H](CO)Cc4cccnc4)cc[nH]c3=O)nc12. The first-order chi connectivity index (χ1) is 16.1.